The molecular weight excluding hydrogens is 488 g/mol. The van der Waals surface area contributed by atoms with Crippen LogP contribution in [0.25, 0.3) is 11.3 Å². The Morgan fingerprint density at radius 3 is 2.63 bits per heavy atom. The van der Waals surface area contributed by atoms with Crippen LogP contribution >= 0.6 is 0 Å². The molecule has 1 aromatic heterocycles. The molecule has 7 rings (SSSR count). The molecule has 1 aliphatic carbocycles. The van der Waals surface area contributed by atoms with E-state index in [-0.39, 0.29) is 23.8 Å². The van der Waals surface area contributed by atoms with Gasteiger partial charge in [0.05, 0.1) is 41.4 Å². The average molecular weight is 521 g/mol. The zero-order valence-electron chi connectivity index (χ0n) is 21.2. The van der Waals surface area contributed by atoms with Crippen molar-refractivity contribution in [2.75, 3.05) is 57.8 Å². The van der Waals surface area contributed by atoms with Crippen molar-refractivity contribution >= 4 is 23.5 Å². The molecule has 12 nitrogen and oxygen atoms in total. The van der Waals surface area contributed by atoms with Gasteiger partial charge in [0.2, 0.25) is 0 Å². The van der Waals surface area contributed by atoms with Gasteiger partial charge in [-0.2, -0.15) is 5.10 Å². The maximum absolute atomic E-state index is 13.7. The van der Waals surface area contributed by atoms with E-state index in [0.29, 0.717) is 74.0 Å². The molecule has 2 atom stereocenters. The van der Waals surface area contributed by atoms with Crippen LogP contribution in [-0.4, -0.2) is 107 Å². The van der Waals surface area contributed by atoms with Crippen LogP contribution in [0.2, 0.25) is 0 Å². The summed E-state index contributed by atoms with van der Waals surface area (Å²) >= 11 is 0. The van der Waals surface area contributed by atoms with Gasteiger partial charge in [0, 0.05) is 62.8 Å². The molecule has 4 amide bonds. The van der Waals surface area contributed by atoms with Crippen LogP contribution in [0.15, 0.2) is 18.2 Å². The fourth-order valence-electron chi connectivity index (χ4n) is 6.60. The lowest BCUT2D eigenvalue weighted by atomic mass is 9.90. The predicted octanol–water partition coefficient (Wildman–Crippen LogP) is 1.34. The highest BCUT2D eigenvalue weighted by molar-refractivity contribution is 6.25. The predicted molar refractivity (Wildman–Crippen MR) is 138 cm³/mol. The van der Waals surface area contributed by atoms with Gasteiger partial charge in [0.1, 0.15) is 0 Å². The molecule has 1 aromatic carbocycles. The third-order valence-corrected chi connectivity index (χ3v) is 8.56. The number of carbonyl (C=O) groups excluding carboxylic acids is 3. The van der Waals surface area contributed by atoms with E-state index in [1.54, 1.807) is 11.1 Å². The van der Waals surface area contributed by atoms with Crippen LogP contribution in [0.3, 0.4) is 0 Å². The molecule has 4 saturated heterocycles. The zero-order chi connectivity index (χ0) is 25.8. The van der Waals surface area contributed by atoms with E-state index in [9.17, 15) is 14.4 Å². The Labute approximate surface area is 220 Å². The molecule has 5 heterocycles. The molecule has 4 fully saturated rings. The molecule has 4 N–H and O–H groups in total. The number of amides is 4. The molecule has 0 unspecified atom stereocenters. The number of piperazine rings is 1. The van der Waals surface area contributed by atoms with Gasteiger partial charge in [0.25, 0.3) is 0 Å². The fraction of sp³-hybridized carbons (Fsp3) is 0.538. The van der Waals surface area contributed by atoms with E-state index in [1.165, 1.54) is 0 Å². The van der Waals surface area contributed by atoms with E-state index < -0.39 is 0 Å². The second kappa shape index (κ2) is 9.37. The van der Waals surface area contributed by atoms with Gasteiger partial charge < -0.3 is 25.2 Å². The van der Waals surface area contributed by atoms with Gasteiger partial charge in [-0.1, -0.05) is 12.1 Å². The highest BCUT2D eigenvalue weighted by Crippen LogP contribution is 2.43. The number of hydrazine groups is 1. The van der Waals surface area contributed by atoms with Crippen molar-refractivity contribution in [2.45, 2.75) is 37.3 Å². The first kappa shape index (κ1) is 23.6. The molecular formula is C26H32N8O4. The van der Waals surface area contributed by atoms with Crippen molar-refractivity contribution in [3.63, 3.8) is 0 Å². The first-order valence-electron chi connectivity index (χ1n) is 13.5. The summed E-state index contributed by atoms with van der Waals surface area (Å²) in [7, 11) is 0. The Hall–Kier alpha value is -3.48. The van der Waals surface area contributed by atoms with E-state index in [1.807, 2.05) is 21.9 Å². The Bertz CT molecular complexity index is 1280. The number of urea groups is 2. The molecule has 0 radical (unpaired) electrons. The topological polar surface area (TPSA) is 135 Å². The minimum absolute atomic E-state index is 0.0926. The lowest BCUT2D eigenvalue weighted by Gasteiger charge is -2.37. The van der Waals surface area contributed by atoms with E-state index in [2.05, 4.69) is 26.3 Å². The van der Waals surface area contributed by atoms with Gasteiger partial charge in [-0.3, -0.25) is 15.3 Å². The summed E-state index contributed by atoms with van der Waals surface area (Å²) in [6.07, 6.45) is 2.58. The first-order chi connectivity index (χ1) is 18.6. The number of H-pyrrole nitrogens is 1. The van der Waals surface area contributed by atoms with Gasteiger partial charge in [0.15, 0.2) is 5.78 Å². The highest BCUT2D eigenvalue weighted by Gasteiger charge is 2.43. The second-order valence-corrected chi connectivity index (χ2v) is 10.8. The van der Waals surface area contributed by atoms with Crippen LogP contribution in [-0.2, 0) is 4.74 Å². The van der Waals surface area contributed by atoms with Crippen molar-refractivity contribution in [1.82, 2.24) is 35.7 Å². The number of aromatic nitrogens is 2. The number of anilines is 1. The van der Waals surface area contributed by atoms with Crippen molar-refractivity contribution in [3.8, 4) is 11.3 Å². The quantitative estimate of drug-likeness (QED) is 0.409. The summed E-state index contributed by atoms with van der Waals surface area (Å²) in [6.45, 7) is 5.34. The number of fused-ring (bicyclic) bond motifs is 5. The number of likely N-dealkylation sites (tertiary alicyclic amines) is 2. The van der Waals surface area contributed by atoms with Crippen molar-refractivity contribution < 1.29 is 19.1 Å². The number of hydrogen-bond acceptors (Lipinski definition) is 7. The van der Waals surface area contributed by atoms with E-state index in [4.69, 9.17) is 4.74 Å². The monoisotopic (exact) mass is 520 g/mol. The number of aromatic amines is 1. The number of piperidine rings is 1. The molecule has 2 bridgehead atoms. The third-order valence-electron chi connectivity index (χ3n) is 8.56. The Morgan fingerprint density at radius 1 is 1.08 bits per heavy atom. The summed E-state index contributed by atoms with van der Waals surface area (Å²) in [5.74, 6) is -0.0323. The number of nitrogens with one attached hydrogen (secondary N) is 4. The van der Waals surface area contributed by atoms with Gasteiger partial charge in [-0.25, -0.2) is 14.6 Å². The van der Waals surface area contributed by atoms with Crippen LogP contribution in [0.1, 0.15) is 46.8 Å². The minimum atomic E-state index is -0.388. The summed E-state index contributed by atoms with van der Waals surface area (Å²) in [4.78, 5) is 43.5. The largest absolute Gasteiger partial charge is 0.379 e. The Kier molecular flexibility index (Phi) is 5.82. The molecule has 0 spiro atoms. The van der Waals surface area contributed by atoms with Crippen molar-refractivity contribution in [2.24, 2.45) is 0 Å². The minimum Gasteiger partial charge on any atom is -0.379 e. The zero-order valence-corrected chi connectivity index (χ0v) is 21.2. The van der Waals surface area contributed by atoms with Crippen LogP contribution < -0.4 is 16.1 Å². The van der Waals surface area contributed by atoms with Crippen LogP contribution in [0, 0.1) is 0 Å². The summed E-state index contributed by atoms with van der Waals surface area (Å²) in [6, 6.07) is 5.96. The normalized spacial score (nSPS) is 25.0. The van der Waals surface area contributed by atoms with Crippen molar-refractivity contribution in [1.29, 1.82) is 0 Å². The number of ketones is 1. The van der Waals surface area contributed by atoms with Crippen LogP contribution in [0.5, 0.6) is 0 Å². The van der Waals surface area contributed by atoms with E-state index in [0.717, 1.165) is 43.6 Å². The lowest BCUT2D eigenvalue weighted by Crippen LogP contribution is -2.53. The maximum atomic E-state index is 13.7. The van der Waals surface area contributed by atoms with Gasteiger partial charge in [-0.05, 0) is 25.3 Å². The number of nitrogens with zero attached hydrogens (tertiary/aromatic N) is 4. The summed E-state index contributed by atoms with van der Waals surface area (Å²) < 4.78 is 5.32. The standard InChI is InChI=1S/C26H32N8O4/c35-24-20-18(2-1-3-19(20)28-25(36)31-33-8-10-38-11-9-33)23-21(24)22(29-30-23)15-4-6-32(7-5-15)26(37)34-14-16-12-17(34)13-27-16/h1-3,15-17,27H,4-14H2,(H,29,30)(H2,28,31,36)/t16-,17-/m0/s1. The van der Waals surface area contributed by atoms with Crippen molar-refractivity contribution in [3.05, 3.63) is 35.0 Å². The Morgan fingerprint density at radius 2 is 1.89 bits per heavy atom. The lowest BCUT2D eigenvalue weighted by molar-refractivity contribution is 0.0207. The molecule has 5 aliphatic rings. The highest BCUT2D eigenvalue weighted by atomic mass is 16.5. The summed E-state index contributed by atoms with van der Waals surface area (Å²) in [5, 5.41) is 15.8. The number of morpholine rings is 1. The molecule has 38 heavy (non-hydrogen) atoms. The number of benzene rings is 1. The molecule has 12 heteroatoms. The Balaban J connectivity index is 1.04. The molecule has 0 saturated carbocycles. The third kappa shape index (κ3) is 3.94. The number of ether oxygens (including phenoxy) is 1. The number of hydrogen-bond donors (Lipinski definition) is 4. The first-order valence-corrected chi connectivity index (χ1v) is 13.5. The maximum Gasteiger partial charge on any atom is 0.333 e. The average Bonchev–Trinajstić information content (AvgIpc) is 3.72. The SMILES string of the molecule is O=C(Nc1cccc2c1C(=O)c1c(C3CCN(C(=O)N4C[C@@H]5C[C@H]4CN5)CC3)n[nH]c1-2)NN1CCOCC1. The summed E-state index contributed by atoms with van der Waals surface area (Å²) in [5.41, 5.74) is 6.60. The van der Waals surface area contributed by atoms with Gasteiger partial charge >= 0.3 is 12.1 Å². The smallest absolute Gasteiger partial charge is 0.333 e. The molecule has 200 valence electrons. The number of carbonyl (C=O) groups is 3. The van der Waals surface area contributed by atoms with Crippen LogP contribution in [0.4, 0.5) is 15.3 Å². The fourth-order valence-corrected chi connectivity index (χ4v) is 6.60. The van der Waals surface area contributed by atoms with E-state index >= 15 is 0 Å². The van der Waals surface area contributed by atoms with Gasteiger partial charge in [-0.15, -0.1) is 0 Å². The molecule has 2 aromatic rings. The molecule has 4 aliphatic heterocycles. The number of rotatable bonds is 3. The second-order valence-electron chi connectivity index (χ2n) is 10.8.